The van der Waals surface area contributed by atoms with E-state index in [2.05, 4.69) is 10.6 Å². The molecule has 0 bridgehead atoms. The Hall–Kier alpha value is -2.97. The van der Waals surface area contributed by atoms with Crippen molar-refractivity contribution in [3.05, 3.63) is 34.4 Å². The summed E-state index contributed by atoms with van der Waals surface area (Å²) < 4.78 is 4.93. The van der Waals surface area contributed by atoms with Gasteiger partial charge < -0.3 is 15.4 Å². The van der Waals surface area contributed by atoms with Crippen LogP contribution in [0.5, 0.6) is 0 Å². The predicted molar refractivity (Wildman–Crippen MR) is 80.6 cm³/mol. The number of anilines is 1. The third-order valence-corrected chi connectivity index (χ3v) is 2.76. The largest absolute Gasteiger partial charge is 0.451 e. The lowest BCUT2D eigenvalue weighted by molar-refractivity contribution is -0.384. The van der Waals surface area contributed by atoms with Crippen LogP contribution in [-0.4, -0.2) is 34.9 Å². The highest BCUT2D eigenvalue weighted by Crippen LogP contribution is 2.17. The Morgan fingerprint density at radius 3 is 2.48 bits per heavy atom. The molecule has 9 heteroatoms. The number of non-ortho nitro benzene ring substituents is 1. The number of nitrogens with one attached hydrogen (secondary N) is 2. The Bertz CT molecular complexity index is 631. The van der Waals surface area contributed by atoms with Gasteiger partial charge in [0.1, 0.15) is 6.04 Å². The number of hydrogen-bond donors (Lipinski definition) is 2. The lowest BCUT2D eigenvalue weighted by Gasteiger charge is -2.17. The molecule has 0 aliphatic heterocycles. The Labute approximate surface area is 132 Å². The summed E-state index contributed by atoms with van der Waals surface area (Å²) in [5.41, 5.74) is 0.0359. The van der Waals surface area contributed by atoms with Crippen LogP contribution in [0.1, 0.15) is 20.8 Å². The zero-order chi connectivity index (χ0) is 17.6. The van der Waals surface area contributed by atoms with Gasteiger partial charge in [0.15, 0.2) is 6.10 Å². The minimum atomic E-state index is -1.13. The van der Waals surface area contributed by atoms with Gasteiger partial charge >= 0.3 is 5.97 Å². The molecule has 0 aromatic heterocycles. The SMILES string of the molecule is CC(=O)N[C@@H](C)C(=O)OC(C)C(=O)Nc1cccc([N+](=O)[O-])c1. The molecule has 0 radical (unpaired) electrons. The standard InChI is InChI=1S/C14H17N3O6/c1-8(15-10(3)18)14(20)23-9(2)13(19)16-11-5-4-6-12(7-11)17(21)22/h4-9H,1-3H3,(H,15,18)(H,16,19)/t8-,9?/m0/s1. The molecule has 0 fully saturated rings. The Morgan fingerprint density at radius 1 is 1.26 bits per heavy atom. The van der Waals surface area contributed by atoms with Crippen molar-refractivity contribution in [1.82, 2.24) is 5.32 Å². The van der Waals surface area contributed by atoms with Crippen LogP contribution in [0.25, 0.3) is 0 Å². The molecule has 2 amide bonds. The third kappa shape index (κ3) is 5.73. The van der Waals surface area contributed by atoms with Crippen LogP contribution >= 0.6 is 0 Å². The smallest absolute Gasteiger partial charge is 0.329 e. The second-order valence-corrected chi connectivity index (χ2v) is 4.80. The number of rotatable bonds is 6. The van der Waals surface area contributed by atoms with Gasteiger partial charge in [-0.25, -0.2) is 4.79 Å². The molecule has 1 aromatic rings. The monoisotopic (exact) mass is 323 g/mol. The summed E-state index contributed by atoms with van der Waals surface area (Å²) in [5.74, 6) is -1.81. The number of nitro benzene ring substituents is 1. The van der Waals surface area contributed by atoms with Crippen molar-refractivity contribution >= 4 is 29.2 Å². The van der Waals surface area contributed by atoms with Crippen LogP contribution in [-0.2, 0) is 19.1 Å². The van der Waals surface area contributed by atoms with Gasteiger partial charge in [0.05, 0.1) is 4.92 Å². The van der Waals surface area contributed by atoms with Crippen molar-refractivity contribution in [2.45, 2.75) is 32.9 Å². The molecular formula is C14H17N3O6. The summed E-state index contributed by atoms with van der Waals surface area (Å²) >= 11 is 0. The molecule has 1 rings (SSSR count). The van der Waals surface area contributed by atoms with Gasteiger partial charge in [-0.1, -0.05) is 6.07 Å². The number of amides is 2. The molecule has 2 N–H and O–H groups in total. The molecule has 0 spiro atoms. The van der Waals surface area contributed by atoms with Crippen molar-refractivity contribution in [3.63, 3.8) is 0 Å². The van der Waals surface area contributed by atoms with Crippen molar-refractivity contribution < 1.29 is 24.0 Å². The number of benzene rings is 1. The Morgan fingerprint density at radius 2 is 1.91 bits per heavy atom. The summed E-state index contributed by atoms with van der Waals surface area (Å²) in [7, 11) is 0. The van der Waals surface area contributed by atoms with Crippen LogP contribution in [0.2, 0.25) is 0 Å². The molecule has 124 valence electrons. The number of nitrogens with zero attached hydrogens (tertiary/aromatic N) is 1. The van der Waals surface area contributed by atoms with Crippen molar-refractivity contribution in [2.75, 3.05) is 5.32 Å². The van der Waals surface area contributed by atoms with Gasteiger partial charge in [-0.15, -0.1) is 0 Å². The first-order valence-corrected chi connectivity index (χ1v) is 6.73. The third-order valence-electron chi connectivity index (χ3n) is 2.76. The zero-order valence-electron chi connectivity index (χ0n) is 12.9. The maximum absolute atomic E-state index is 11.9. The molecule has 1 unspecified atom stereocenters. The molecule has 0 aliphatic rings. The molecule has 9 nitrogen and oxygen atoms in total. The van der Waals surface area contributed by atoms with Crippen molar-refractivity contribution in [1.29, 1.82) is 0 Å². The van der Waals surface area contributed by atoms with Gasteiger partial charge in [-0.2, -0.15) is 0 Å². The highest BCUT2D eigenvalue weighted by molar-refractivity contribution is 5.95. The fourth-order valence-corrected chi connectivity index (χ4v) is 1.63. The van der Waals surface area contributed by atoms with E-state index in [4.69, 9.17) is 4.74 Å². The minimum Gasteiger partial charge on any atom is -0.451 e. The van der Waals surface area contributed by atoms with Crippen LogP contribution in [0.4, 0.5) is 11.4 Å². The summed E-state index contributed by atoms with van der Waals surface area (Å²) in [4.78, 5) is 44.5. The van der Waals surface area contributed by atoms with Crippen LogP contribution in [0.3, 0.4) is 0 Å². The molecule has 1 aromatic carbocycles. The molecular weight excluding hydrogens is 306 g/mol. The fraction of sp³-hybridized carbons (Fsp3) is 0.357. The van der Waals surface area contributed by atoms with Gasteiger partial charge in [0, 0.05) is 24.7 Å². The lowest BCUT2D eigenvalue weighted by atomic mass is 10.2. The van der Waals surface area contributed by atoms with Crippen LogP contribution in [0.15, 0.2) is 24.3 Å². The summed E-state index contributed by atoms with van der Waals surface area (Å²) in [6.45, 7) is 4.03. The number of nitro groups is 1. The zero-order valence-corrected chi connectivity index (χ0v) is 12.9. The first-order chi connectivity index (χ1) is 10.7. The molecule has 0 saturated carbocycles. The van der Waals surface area contributed by atoms with Crippen LogP contribution < -0.4 is 10.6 Å². The Balaban J connectivity index is 2.63. The summed E-state index contributed by atoms with van der Waals surface area (Å²) in [6, 6.07) is 4.48. The minimum absolute atomic E-state index is 0.174. The number of ether oxygens (including phenoxy) is 1. The maximum atomic E-state index is 11.9. The van der Waals surface area contributed by atoms with Gasteiger partial charge in [-0.05, 0) is 19.9 Å². The van der Waals surface area contributed by atoms with Crippen molar-refractivity contribution in [3.8, 4) is 0 Å². The van der Waals surface area contributed by atoms with E-state index in [0.717, 1.165) is 0 Å². The second kappa shape index (κ2) is 7.87. The molecule has 0 saturated heterocycles. The van der Waals surface area contributed by atoms with E-state index in [1.807, 2.05) is 0 Å². The van der Waals surface area contributed by atoms with Gasteiger partial charge in [0.2, 0.25) is 5.91 Å². The average Bonchev–Trinajstić information content (AvgIpc) is 2.46. The first-order valence-electron chi connectivity index (χ1n) is 6.73. The molecule has 0 heterocycles. The van der Waals surface area contributed by atoms with Gasteiger partial charge in [0.25, 0.3) is 11.6 Å². The quantitative estimate of drug-likeness (QED) is 0.456. The second-order valence-electron chi connectivity index (χ2n) is 4.80. The van der Waals surface area contributed by atoms with E-state index >= 15 is 0 Å². The molecule has 2 atom stereocenters. The Kier molecular flexibility index (Phi) is 6.19. The number of esters is 1. The highest BCUT2D eigenvalue weighted by atomic mass is 16.6. The van der Waals surface area contributed by atoms with E-state index in [1.165, 1.54) is 45.0 Å². The first kappa shape index (κ1) is 18.1. The predicted octanol–water partition coefficient (Wildman–Crippen LogP) is 0.990. The van der Waals surface area contributed by atoms with Crippen LogP contribution in [0, 0.1) is 10.1 Å². The van der Waals surface area contributed by atoms with E-state index in [-0.39, 0.29) is 11.4 Å². The lowest BCUT2D eigenvalue weighted by Crippen LogP contribution is -2.41. The van der Waals surface area contributed by atoms with E-state index < -0.39 is 34.9 Å². The highest BCUT2D eigenvalue weighted by Gasteiger charge is 2.22. The topological polar surface area (TPSA) is 128 Å². The van der Waals surface area contributed by atoms with E-state index in [0.29, 0.717) is 0 Å². The fourth-order valence-electron chi connectivity index (χ4n) is 1.63. The number of hydrogen-bond acceptors (Lipinski definition) is 6. The summed E-state index contributed by atoms with van der Waals surface area (Å²) in [5, 5.41) is 15.4. The van der Waals surface area contributed by atoms with E-state index in [9.17, 15) is 24.5 Å². The summed E-state index contributed by atoms with van der Waals surface area (Å²) in [6.07, 6.45) is -1.13. The number of carbonyl (C=O) groups excluding carboxylic acids is 3. The van der Waals surface area contributed by atoms with Crippen molar-refractivity contribution in [2.24, 2.45) is 0 Å². The molecule has 0 aliphatic carbocycles. The van der Waals surface area contributed by atoms with Gasteiger partial charge in [-0.3, -0.25) is 19.7 Å². The molecule has 23 heavy (non-hydrogen) atoms. The normalized spacial score (nSPS) is 12.7. The average molecular weight is 323 g/mol. The number of carbonyl (C=O) groups is 3. The van der Waals surface area contributed by atoms with E-state index in [1.54, 1.807) is 0 Å². The maximum Gasteiger partial charge on any atom is 0.329 e.